The lowest BCUT2D eigenvalue weighted by atomic mass is 10.3. The molecule has 0 aliphatic rings. The number of sulfonamides is 1. The van der Waals surface area contributed by atoms with Gasteiger partial charge in [-0.2, -0.15) is 0 Å². The van der Waals surface area contributed by atoms with Crippen LogP contribution in [-0.2, 0) is 10.0 Å². The largest absolute Gasteiger partial charge is 0.398 e. The summed E-state index contributed by atoms with van der Waals surface area (Å²) in [7, 11) is -3.79. The maximum Gasteiger partial charge on any atom is 0.263 e. The first kappa shape index (κ1) is 13.8. The summed E-state index contributed by atoms with van der Waals surface area (Å²) in [5.41, 5.74) is 6.01. The first-order valence-electron chi connectivity index (χ1n) is 5.08. The van der Waals surface area contributed by atoms with Crippen LogP contribution in [0.5, 0.6) is 0 Å². The Bertz CT molecular complexity index is 704. The summed E-state index contributed by atoms with van der Waals surface area (Å²) < 4.78 is 39.5. The van der Waals surface area contributed by atoms with Crippen LogP contribution >= 0.6 is 15.9 Å². The summed E-state index contributed by atoms with van der Waals surface area (Å²) in [6.45, 7) is 0. The number of pyridine rings is 1. The third-order valence-corrected chi connectivity index (χ3v) is 4.29. The van der Waals surface area contributed by atoms with Gasteiger partial charge in [-0.3, -0.25) is 4.72 Å². The van der Waals surface area contributed by atoms with Gasteiger partial charge >= 0.3 is 0 Å². The van der Waals surface area contributed by atoms with E-state index in [0.717, 1.165) is 12.3 Å². The predicted octanol–water partition coefficient (Wildman–Crippen LogP) is 2.37. The fourth-order valence-corrected chi connectivity index (χ4v) is 2.87. The first-order chi connectivity index (χ1) is 8.88. The minimum Gasteiger partial charge on any atom is -0.398 e. The van der Waals surface area contributed by atoms with Gasteiger partial charge in [-0.15, -0.1) is 0 Å². The van der Waals surface area contributed by atoms with Crippen molar-refractivity contribution in [2.45, 2.75) is 4.90 Å². The molecular formula is C11H9BrFN3O2S. The molecule has 0 aliphatic carbocycles. The highest BCUT2D eigenvalue weighted by Gasteiger charge is 2.15. The third-order valence-electron chi connectivity index (χ3n) is 2.25. The standard InChI is InChI=1S/C11H9BrFN3O2S/c12-9-5-8(2-3-10(9)14)19(17,18)16-11-4-1-7(13)6-15-11/h1-6H,14H2,(H,15,16). The predicted molar refractivity (Wildman–Crippen MR) is 73.6 cm³/mol. The normalized spacial score (nSPS) is 11.3. The molecule has 0 saturated heterocycles. The van der Waals surface area contributed by atoms with Crippen LogP contribution in [0.3, 0.4) is 0 Å². The number of nitrogen functional groups attached to an aromatic ring is 1. The van der Waals surface area contributed by atoms with Crippen molar-refractivity contribution in [1.29, 1.82) is 0 Å². The third kappa shape index (κ3) is 3.21. The number of nitrogens with zero attached hydrogens (tertiary/aromatic N) is 1. The number of nitrogens with one attached hydrogen (secondary N) is 1. The molecule has 2 aromatic rings. The maximum atomic E-state index is 12.7. The van der Waals surface area contributed by atoms with Crippen molar-refractivity contribution in [2.75, 3.05) is 10.5 Å². The van der Waals surface area contributed by atoms with E-state index < -0.39 is 15.8 Å². The molecule has 0 aliphatic heterocycles. The minimum atomic E-state index is -3.79. The number of benzene rings is 1. The van der Waals surface area contributed by atoms with E-state index in [1.807, 2.05) is 0 Å². The molecule has 8 heteroatoms. The monoisotopic (exact) mass is 345 g/mol. The van der Waals surface area contributed by atoms with E-state index in [-0.39, 0.29) is 10.7 Å². The number of rotatable bonds is 3. The molecule has 0 atom stereocenters. The van der Waals surface area contributed by atoms with Crippen LogP contribution in [0.15, 0.2) is 45.9 Å². The zero-order chi connectivity index (χ0) is 14.0. The second kappa shape index (κ2) is 5.14. The van der Waals surface area contributed by atoms with Crippen LogP contribution in [0.4, 0.5) is 15.9 Å². The molecule has 100 valence electrons. The molecule has 3 N–H and O–H groups in total. The van der Waals surface area contributed by atoms with Gasteiger partial charge in [-0.25, -0.2) is 17.8 Å². The number of aromatic nitrogens is 1. The molecule has 0 fully saturated rings. The van der Waals surface area contributed by atoms with Crippen molar-refractivity contribution < 1.29 is 12.8 Å². The molecule has 5 nitrogen and oxygen atoms in total. The fraction of sp³-hybridized carbons (Fsp3) is 0. The Balaban J connectivity index is 2.32. The molecule has 1 heterocycles. The van der Waals surface area contributed by atoms with Crippen LogP contribution in [0.1, 0.15) is 0 Å². The highest BCUT2D eigenvalue weighted by Crippen LogP contribution is 2.24. The summed E-state index contributed by atoms with van der Waals surface area (Å²) in [6, 6.07) is 6.56. The van der Waals surface area contributed by atoms with Gasteiger partial charge in [0.2, 0.25) is 0 Å². The minimum absolute atomic E-state index is 0.0275. The van der Waals surface area contributed by atoms with Crippen LogP contribution < -0.4 is 10.5 Å². The van der Waals surface area contributed by atoms with Gasteiger partial charge in [-0.1, -0.05) is 0 Å². The zero-order valence-corrected chi connectivity index (χ0v) is 11.9. The van der Waals surface area contributed by atoms with E-state index in [9.17, 15) is 12.8 Å². The van der Waals surface area contributed by atoms with E-state index >= 15 is 0 Å². The van der Waals surface area contributed by atoms with Gasteiger partial charge in [0.15, 0.2) is 0 Å². The maximum absolute atomic E-state index is 12.7. The lowest BCUT2D eigenvalue weighted by Gasteiger charge is -2.08. The van der Waals surface area contributed by atoms with Gasteiger partial charge in [0, 0.05) is 10.2 Å². The van der Waals surface area contributed by atoms with Crippen molar-refractivity contribution in [2.24, 2.45) is 0 Å². The molecule has 2 rings (SSSR count). The molecule has 0 radical (unpaired) electrons. The molecule has 0 unspecified atom stereocenters. The van der Waals surface area contributed by atoms with Crippen LogP contribution in [0.2, 0.25) is 0 Å². The number of hydrogen-bond donors (Lipinski definition) is 2. The number of halogens is 2. The Morgan fingerprint density at radius 3 is 2.58 bits per heavy atom. The summed E-state index contributed by atoms with van der Waals surface area (Å²) in [6.07, 6.45) is 0.927. The molecule has 0 bridgehead atoms. The topological polar surface area (TPSA) is 85.1 Å². The SMILES string of the molecule is Nc1ccc(S(=O)(=O)Nc2ccc(F)cn2)cc1Br. The van der Waals surface area contributed by atoms with E-state index in [2.05, 4.69) is 25.6 Å². The summed E-state index contributed by atoms with van der Waals surface area (Å²) >= 11 is 3.15. The summed E-state index contributed by atoms with van der Waals surface area (Å²) in [4.78, 5) is 3.65. The highest BCUT2D eigenvalue weighted by molar-refractivity contribution is 9.10. The van der Waals surface area contributed by atoms with Gasteiger partial charge in [-0.05, 0) is 46.3 Å². The van der Waals surface area contributed by atoms with Gasteiger partial charge in [0.25, 0.3) is 10.0 Å². The molecule has 1 aromatic heterocycles. The summed E-state index contributed by atoms with van der Waals surface area (Å²) in [5, 5.41) is 0. The smallest absolute Gasteiger partial charge is 0.263 e. The Morgan fingerprint density at radius 1 is 1.26 bits per heavy atom. The molecule has 0 amide bonds. The lowest BCUT2D eigenvalue weighted by molar-refractivity contribution is 0.600. The number of anilines is 2. The fourth-order valence-electron chi connectivity index (χ4n) is 1.31. The molecule has 0 saturated carbocycles. The summed E-state index contributed by atoms with van der Waals surface area (Å²) in [5.74, 6) is -0.507. The van der Waals surface area contributed by atoms with Crippen LogP contribution in [0.25, 0.3) is 0 Å². The average Bonchev–Trinajstić information content (AvgIpc) is 2.35. The zero-order valence-electron chi connectivity index (χ0n) is 9.47. The first-order valence-corrected chi connectivity index (χ1v) is 7.35. The second-order valence-corrected chi connectivity index (χ2v) is 6.19. The molecule has 19 heavy (non-hydrogen) atoms. The molecular weight excluding hydrogens is 337 g/mol. The second-order valence-electron chi connectivity index (χ2n) is 3.65. The van der Waals surface area contributed by atoms with E-state index in [1.165, 1.54) is 24.3 Å². The average molecular weight is 346 g/mol. The van der Waals surface area contributed by atoms with Gasteiger partial charge in [0.05, 0.1) is 11.1 Å². The van der Waals surface area contributed by atoms with Gasteiger partial charge in [0.1, 0.15) is 11.6 Å². The van der Waals surface area contributed by atoms with Gasteiger partial charge < -0.3 is 5.73 Å². The van der Waals surface area contributed by atoms with Crippen molar-refractivity contribution in [3.63, 3.8) is 0 Å². The van der Waals surface area contributed by atoms with Crippen molar-refractivity contribution in [1.82, 2.24) is 4.98 Å². The number of hydrogen-bond acceptors (Lipinski definition) is 4. The van der Waals surface area contributed by atoms with Crippen LogP contribution in [-0.4, -0.2) is 13.4 Å². The Labute approximate surface area is 117 Å². The lowest BCUT2D eigenvalue weighted by Crippen LogP contribution is -2.14. The Kier molecular flexibility index (Phi) is 3.72. The van der Waals surface area contributed by atoms with Crippen molar-refractivity contribution in [3.8, 4) is 0 Å². The van der Waals surface area contributed by atoms with E-state index in [0.29, 0.717) is 10.2 Å². The quantitative estimate of drug-likeness (QED) is 0.836. The van der Waals surface area contributed by atoms with Crippen molar-refractivity contribution in [3.05, 3.63) is 46.8 Å². The Hall–Kier alpha value is -1.67. The Morgan fingerprint density at radius 2 is 2.00 bits per heavy atom. The number of nitrogens with two attached hydrogens (primary N) is 1. The van der Waals surface area contributed by atoms with Crippen molar-refractivity contribution >= 4 is 37.5 Å². The van der Waals surface area contributed by atoms with Crippen LogP contribution in [0, 0.1) is 5.82 Å². The van der Waals surface area contributed by atoms with E-state index in [4.69, 9.17) is 5.73 Å². The molecule has 1 aromatic carbocycles. The molecule has 0 spiro atoms. The highest BCUT2D eigenvalue weighted by atomic mass is 79.9. The van der Waals surface area contributed by atoms with E-state index in [1.54, 1.807) is 0 Å².